The molecule has 0 bridgehead atoms. The molecule has 1 N–H and O–H groups in total. The van der Waals surface area contributed by atoms with E-state index in [9.17, 15) is 0 Å². The summed E-state index contributed by atoms with van der Waals surface area (Å²) in [7, 11) is 0. The highest BCUT2D eigenvalue weighted by Gasteiger charge is 1.90. The molecular weight excluding hydrogens is 234 g/mol. The quantitative estimate of drug-likeness (QED) is 0.781. The minimum absolute atomic E-state index is 0.653. The standard InChI is InChI=1S/C11H14O.C6H15N/c1-3-9-12-11-7-5-10(4-2)6-8-11;1-4-5-7-6(2)3/h4-8H,2-3,9H2,1H3;6-7H,4-5H2,1-3H3. The Hall–Kier alpha value is -1.28. The first-order valence-corrected chi connectivity index (χ1v) is 7.22. The predicted molar refractivity (Wildman–Crippen MR) is 85.7 cm³/mol. The van der Waals surface area contributed by atoms with Crippen LogP contribution in [-0.2, 0) is 0 Å². The molecule has 108 valence electrons. The lowest BCUT2D eigenvalue weighted by molar-refractivity contribution is 0.317. The molecule has 0 aliphatic heterocycles. The summed E-state index contributed by atoms with van der Waals surface area (Å²) in [6, 6.07) is 8.58. The second-order valence-corrected chi connectivity index (χ2v) is 4.73. The van der Waals surface area contributed by atoms with Gasteiger partial charge in [0, 0.05) is 6.04 Å². The molecule has 2 heteroatoms. The van der Waals surface area contributed by atoms with Crippen molar-refractivity contribution in [3.63, 3.8) is 0 Å². The lowest BCUT2D eigenvalue weighted by Gasteiger charge is -2.03. The molecule has 0 unspecified atom stereocenters. The van der Waals surface area contributed by atoms with E-state index in [1.54, 1.807) is 0 Å². The highest BCUT2D eigenvalue weighted by molar-refractivity contribution is 5.48. The largest absolute Gasteiger partial charge is 0.494 e. The van der Waals surface area contributed by atoms with Gasteiger partial charge >= 0.3 is 0 Å². The Balaban J connectivity index is 0.000000399. The number of ether oxygens (including phenoxy) is 1. The van der Waals surface area contributed by atoms with E-state index in [2.05, 4.69) is 39.6 Å². The highest BCUT2D eigenvalue weighted by atomic mass is 16.5. The van der Waals surface area contributed by atoms with Gasteiger partial charge in [0.1, 0.15) is 5.75 Å². The average Bonchev–Trinajstić information content (AvgIpc) is 2.44. The molecule has 0 saturated heterocycles. The van der Waals surface area contributed by atoms with Gasteiger partial charge < -0.3 is 10.1 Å². The van der Waals surface area contributed by atoms with E-state index in [1.807, 2.05) is 30.3 Å². The van der Waals surface area contributed by atoms with Crippen LogP contribution in [0.2, 0.25) is 0 Å². The predicted octanol–water partition coefficient (Wildman–Crippen LogP) is 4.51. The number of benzene rings is 1. The van der Waals surface area contributed by atoms with E-state index in [0.29, 0.717) is 6.04 Å². The molecule has 0 fully saturated rings. The minimum Gasteiger partial charge on any atom is -0.494 e. The van der Waals surface area contributed by atoms with Crippen molar-refractivity contribution in [3.05, 3.63) is 36.4 Å². The van der Waals surface area contributed by atoms with Crippen LogP contribution in [0, 0.1) is 0 Å². The van der Waals surface area contributed by atoms with Gasteiger partial charge in [-0.1, -0.05) is 52.5 Å². The van der Waals surface area contributed by atoms with Crippen LogP contribution in [0.15, 0.2) is 30.8 Å². The molecule has 19 heavy (non-hydrogen) atoms. The fraction of sp³-hybridized carbons (Fsp3) is 0.529. The first-order valence-electron chi connectivity index (χ1n) is 7.22. The molecule has 0 aliphatic carbocycles. The zero-order valence-corrected chi connectivity index (χ0v) is 12.9. The van der Waals surface area contributed by atoms with Gasteiger partial charge in [0.15, 0.2) is 0 Å². The van der Waals surface area contributed by atoms with Crippen molar-refractivity contribution in [2.45, 2.75) is 46.6 Å². The Morgan fingerprint density at radius 3 is 2.16 bits per heavy atom. The summed E-state index contributed by atoms with van der Waals surface area (Å²) >= 11 is 0. The molecule has 1 rings (SSSR count). The molecular formula is C17H29NO. The summed E-state index contributed by atoms with van der Waals surface area (Å²) in [5.41, 5.74) is 1.12. The third-order valence-electron chi connectivity index (χ3n) is 2.39. The smallest absolute Gasteiger partial charge is 0.119 e. The fourth-order valence-electron chi connectivity index (χ4n) is 1.35. The monoisotopic (exact) mass is 263 g/mol. The van der Waals surface area contributed by atoms with Crippen LogP contribution in [0.25, 0.3) is 6.08 Å². The molecule has 0 spiro atoms. The molecule has 1 aromatic rings. The molecule has 0 heterocycles. The lowest BCUT2D eigenvalue weighted by Crippen LogP contribution is -2.22. The van der Waals surface area contributed by atoms with E-state index < -0.39 is 0 Å². The van der Waals surface area contributed by atoms with Crippen LogP contribution in [0.5, 0.6) is 5.75 Å². The van der Waals surface area contributed by atoms with E-state index in [-0.39, 0.29) is 0 Å². The normalized spacial score (nSPS) is 9.74. The van der Waals surface area contributed by atoms with Crippen molar-refractivity contribution in [3.8, 4) is 5.75 Å². The number of nitrogens with one attached hydrogen (secondary N) is 1. The Kier molecular flexibility index (Phi) is 11.0. The second-order valence-electron chi connectivity index (χ2n) is 4.73. The maximum absolute atomic E-state index is 5.42. The van der Waals surface area contributed by atoms with Crippen molar-refractivity contribution in [2.75, 3.05) is 13.2 Å². The highest BCUT2D eigenvalue weighted by Crippen LogP contribution is 2.12. The Morgan fingerprint density at radius 1 is 1.16 bits per heavy atom. The third kappa shape index (κ3) is 10.3. The van der Waals surface area contributed by atoms with Crippen molar-refractivity contribution >= 4 is 6.08 Å². The SMILES string of the molecule is C=Cc1ccc(OCCC)cc1.CCCNC(C)C. The number of hydrogen-bond acceptors (Lipinski definition) is 2. The van der Waals surface area contributed by atoms with Crippen LogP contribution >= 0.6 is 0 Å². The third-order valence-corrected chi connectivity index (χ3v) is 2.39. The zero-order chi connectivity index (χ0) is 14.5. The first-order chi connectivity index (χ1) is 9.13. The summed E-state index contributed by atoms with van der Waals surface area (Å²) in [6.07, 6.45) is 4.10. The van der Waals surface area contributed by atoms with Crippen molar-refractivity contribution < 1.29 is 4.74 Å². The van der Waals surface area contributed by atoms with Gasteiger partial charge in [-0.3, -0.25) is 0 Å². The summed E-state index contributed by atoms with van der Waals surface area (Å²) in [6.45, 7) is 14.2. The van der Waals surface area contributed by atoms with Crippen LogP contribution in [0.3, 0.4) is 0 Å². The Bertz CT molecular complexity index is 317. The number of rotatable bonds is 7. The maximum Gasteiger partial charge on any atom is 0.119 e. The van der Waals surface area contributed by atoms with E-state index in [0.717, 1.165) is 30.9 Å². The second kappa shape index (κ2) is 11.8. The molecule has 0 radical (unpaired) electrons. The van der Waals surface area contributed by atoms with Crippen LogP contribution < -0.4 is 10.1 Å². The summed E-state index contributed by atoms with van der Waals surface area (Å²) in [5, 5.41) is 3.30. The molecule has 0 amide bonds. The van der Waals surface area contributed by atoms with Crippen molar-refractivity contribution in [2.24, 2.45) is 0 Å². The molecule has 2 nitrogen and oxygen atoms in total. The minimum atomic E-state index is 0.653. The molecule has 0 saturated carbocycles. The first kappa shape index (κ1) is 17.7. The van der Waals surface area contributed by atoms with Gasteiger partial charge in [0.05, 0.1) is 6.61 Å². The van der Waals surface area contributed by atoms with Gasteiger partial charge in [0.25, 0.3) is 0 Å². The summed E-state index contributed by atoms with van der Waals surface area (Å²) in [5.74, 6) is 0.933. The van der Waals surface area contributed by atoms with Gasteiger partial charge in [-0.25, -0.2) is 0 Å². The zero-order valence-electron chi connectivity index (χ0n) is 12.9. The van der Waals surface area contributed by atoms with Crippen LogP contribution in [0.1, 0.15) is 46.1 Å². The summed E-state index contributed by atoms with van der Waals surface area (Å²) < 4.78 is 5.42. The molecule has 1 aromatic carbocycles. The van der Waals surface area contributed by atoms with Gasteiger partial charge in [-0.15, -0.1) is 0 Å². The summed E-state index contributed by atoms with van der Waals surface area (Å²) in [4.78, 5) is 0. The van der Waals surface area contributed by atoms with Gasteiger partial charge in [-0.05, 0) is 37.1 Å². The molecule has 0 aliphatic rings. The van der Waals surface area contributed by atoms with Crippen LogP contribution in [-0.4, -0.2) is 19.2 Å². The van der Waals surface area contributed by atoms with E-state index in [1.165, 1.54) is 6.42 Å². The Morgan fingerprint density at radius 2 is 1.79 bits per heavy atom. The van der Waals surface area contributed by atoms with E-state index >= 15 is 0 Å². The molecule has 0 atom stereocenters. The van der Waals surface area contributed by atoms with Gasteiger partial charge in [-0.2, -0.15) is 0 Å². The van der Waals surface area contributed by atoms with Gasteiger partial charge in [0.2, 0.25) is 0 Å². The van der Waals surface area contributed by atoms with Crippen molar-refractivity contribution in [1.82, 2.24) is 5.32 Å². The lowest BCUT2D eigenvalue weighted by atomic mass is 10.2. The fourth-order valence-corrected chi connectivity index (χ4v) is 1.35. The number of hydrogen-bond donors (Lipinski definition) is 1. The topological polar surface area (TPSA) is 21.3 Å². The molecule has 0 aromatic heterocycles. The van der Waals surface area contributed by atoms with Crippen LogP contribution in [0.4, 0.5) is 0 Å². The van der Waals surface area contributed by atoms with E-state index in [4.69, 9.17) is 4.74 Å². The Labute approximate surface area is 118 Å². The van der Waals surface area contributed by atoms with Crippen molar-refractivity contribution in [1.29, 1.82) is 0 Å². The average molecular weight is 263 g/mol. The maximum atomic E-state index is 5.42.